The molecular formula is C23H24ClN5O3. The van der Waals surface area contributed by atoms with E-state index in [9.17, 15) is 4.79 Å². The molecule has 9 heteroatoms. The van der Waals surface area contributed by atoms with Crippen LogP contribution in [0.25, 0.3) is 11.3 Å². The number of carbonyl (C=O) groups excluding carboxylic acids is 1. The Hall–Kier alpha value is -3.26. The van der Waals surface area contributed by atoms with Gasteiger partial charge < -0.3 is 14.4 Å². The van der Waals surface area contributed by atoms with Crippen LogP contribution in [0.3, 0.4) is 0 Å². The smallest absolute Gasteiger partial charge is 0.410 e. The molecule has 0 aliphatic carbocycles. The Labute approximate surface area is 191 Å². The Kier molecular flexibility index (Phi) is 6.23. The SMILES string of the molecule is CC(C)(C)OC(=O)N1CC(Cc2cncc(-c3cnc(Oc4cccc(Cl)c4)nc3)n2)C1. The number of aromatic nitrogens is 4. The van der Waals surface area contributed by atoms with Gasteiger partial charge in [0.1, 0.15) is 11.4 Å². The van der Waals surface area contributed by atoms with E-state index in [1.165, 1.54) is 0 Å². The number of ether oxygens (including phenoxy) is 2. The van der Waals surface area contributed by atoms with E-state index in [1.54, 1.807) is 54.0 Å². The molecule has 3 aromatic rings. The summed E-state index contributed by atoms with van der Waals surface area (Å²) in [5, 5.41) is 0.576. The van der Waals surface area contributed by atoms with E-state index < -0.39 is 5.60 Å². The monoisotopic (exact) mass is 453 g/mol. The first-order valence-corrected chi connectivity index (χ1v) is 10.7. The molecule has 0 saturated carbocycles. The largest absolute Gasteiger partial charge is 0.444 e. The summed E-state index contributed by atoms with van der Waals surface area (Å²) in [6, 6.07) is 7.25. The Balaban J connectivity index is 1.35. The third-order valence-corrected chi connectivity index (χ3v) is 4.96. The fourth-order valence-corrected chi connectivity index (χ4v) is 3.43. The Morgan fingerprint density at radius 3 is 2.59 bits per heavy atom. The van der Waals surface area contributed by atoms with E-state index in [0.717, 1.165) is 17.7 Å². The highest BCUT2D eigenvalue weighted by molar-refractivity contribution is 6.30. The van der Waals surface area contributed by atoms with Gasteiger partial charge in [0.05, 0.1) is 17.6 Å². The van der Waals surface area contributed by atoms with Crippen molar-refractivity contribution in [2.24, 2.45) is 5.92 Å². The predicted molar refractivity (Wildman–Crippen MR) is 120 cm³/mol. The Morgan fingerprint density at radius 2 is 1.91 bits per heavy atom. The average Bonchev–Trinajstić information content (AvgIpc) is 2.70. The van der Waals surface area contributed by atoms with Gasteiger partial charge in [-0.1, -0.05) is 17.7 Å². The molecule has 0 unspecified atom stereocenters. The van der Waals surface area contributed by atoms with Crippen molar-refractivity contribution in [3.8, 4) is 23.0 Å². The van der Waals surface area contributed by atoms with Crippen LogP contribution in [0.15, 0.2) is 49.1 Å². The number of halogens is 1. The van der Waals surface area contributed by atoms with Crippen molar-refractivity contribution in [1.29, 1.82) is 0 Å². The number of likely N-dealkylation sites (tertiary alicyclic amines) is 1. The first-order chi connectivity index (χ1) is 15.2. The number of rotatable bonds is 5. The van der Waals surface area contributed by atoms with E-state index in [1.807, 2.05) is 20.8 Å². The molecule has 0 bridgehead atoms. The molecule has 4 rings (SSSR count). The lowest BCUT2D eigenvalue weighted by molar-refractivity contribution is -0.00101. The zero-order valence-corrected chi connectivity index (χ0v) is 18.9. The van der Waals surface area contributed by atoms with E-state index in [-0.39, 0.29) is 12.1 Å². The molecule has 0 spiro atoms. The molecule has 1 aliphatic rings. The second-order valence-electron chi connectivity index (χ2n) is 8.66. The minimum atomic E-state index is -0.487. The molecule has 1 fully saturated rings. The van der Waals surface area contributed by atoms with Gasteiger partial charge in [0, 0.05) is 42.3 Å². The number of amides is 1. The van der Waals surface area contributed by atoms with Gasteiger partial charge in [-0.2, -0.15) is 0 Å². The lowest BCUT2D eigenvalue weighted by atomic mass is 9.95. The lowest BCUT2D eigenvalue weighted by Crippen LogP contribution is -2.52. The van der Waals surface area contributed by atoms with Gasteiger partial charge in [-0.3, -0.25) is 4.98 Å². The molecule has 1 amide bonds. The molecule has 32 heavy (non-hydrogen) atoms. The molecule has 1 saturated heterocycles. The molecule has 0 N–H and O–H groups in total. The molecule has 8 nitrogen and oxygen atoms in total. The minimum Gasteiger partial charge on any atom is -0.444 e. The highest BCUT2D eigenvalue weighted by atomic mass is 35.5. The number of hydrogen-bond donors (Lipinski definition) is 0. The van der Waals surface area contributed by atoms with E-state index in [0.29, 0.717) is 35.5 Å². The van der Waals surface area contributed by atoms with Gasteiger partial charge in [-0.25, -0.2) is 19.7 Å². The van der Waals surface area contributed by atoms with Crippen molar-refractivity contribution in [2.75, 3.05) is 13.1 Å². The zero-order valence-electron chi connectivity index (χ0n) is 18.2. The van der Waals surface area contributed by atoms with Gasteiger partial charge in [-0.15, -0.1) is 0 Å². The Morgan fingerprint density at radius 1 is 1.16 bits per heavy atom. The number of hydrogen-bond acceptors (Lipinski definition) is 7. The predicted octanol–water partition coefficient (Wildman–Crippen LogP) is 4.79. The Bertz CT molecular complexity index is 1100. The van der Waals surface area contributed by atoms with Crippen molar-refractivity contribution in [3.05, 3.63) is 59.8 Å². The molecule has 2 aromatic heterocycles. The highest BCUT2D eigenvalue weighted by Gasteiger charge is 2.33. The van der Waals surface area contributed by atoms with Crippen LogP contribution in [-0.2, 0) is 11.2 Å². The van der Waals surface area contributed by atoms with Gasteiger partial charge in [0.25, 0.3) is 0 Å². The molecule has 0 atom stereocenters. The number of benzene rings is 1. The summed E-state index contributed by atoms with van der Waals surface area (Å²) in [5.41, 5.74) is 1.79. The molecule has 0 radical (unpaired) electrons. The number of nitrogens with zero attached hydrogens (tertiary/aromatic N) is 5. The van der Waals surface area contributed by atoms with Crippen LogP contribution in [-0.4, -0.2) is 49.6 Å². The van der Waals surface area contributed by atoms with E-state index in [4.69, 9.17) is 21.1 Å². The van der Waals surface area contributed by atoms with Crippen molar-refractivity contribution >= 4 is 17.7 Å². The zero-order chi connectivity index (χ0) is 22.7. The van der Waals surface area contributed by atoms with Crippen LogP contribution < -0.4 is 4.74 Å². The normalized spacial score (nSPS) is 14.1. The van der Waals surface area contributed by atoms with Crippen LogP contribution in [0, 0.1) is 5.92 Å². The van der Waals surface area contributed by atoms with Crippen LogP contribution in [0.2, 0.25) is 5.02 Å². The number of carbonyl (C=O) groups is 1. The summed E-state index contributed by atoms with van der Waals surface area (Å²) >= 11 is 5.97. The van der Waals surface area contributed by atoms with Crippen molar-refractivity contribution in [2.45, 2.75) is 32.8 Å². The molecule has 3 heterocycles. The van der Waals surface area contributed by atoms with Gasteiger partial charge >= 0.3 is 12.1 Å². The topological polar surface area (TPSA) is 90.3 Å². The summed E-state index contributed by atoms with van der Waals surface area (Å²) in [7, 11) is 0. The molecular weight excluding hydrogens is 430 g/mol. The minimum absolute atomic E-state index is 0.219. The van der Waals surface area contributed by atoms with Crippen LogP contribution in [0.5, 0.6) is 11.8 Å². The maximum absolute atomic E-state index is 12.1. The first-order valence-electron chi connectivity index (χ1n) is 10.3. The molecule has 1 aliphatic heterocycles. The van der Waals surface area contributed by atoms with Crippen molar-refractivity contribution in [3.63, 3.8) is 0 Å². The fourth-order valence-electron chi connectivity index (χ4n) is 3.25. The van der Waals surface area contributed by atoms with Crippen LogP contribution in [0.1, 0.15) is 26.5 Å². The van der Waals surface area contributed by atoms with Crippen molar-refractivity contribution in [1.82, 2.24) is 24.8 Å². The summed E-state index contributed by atoms with van der Waals surface area (Å²) in [6.07, 6.45) is 7.18. The van der Waals surface area contributed by atoms with Crippen LogP contribution >= 0.6 is 11.6 Å². The van der Waals surface area contributed by atoms with E-state index in [2.05, 4.69) is 19.9 Å². The standard InChI is InChI=1S/C23H24ClN5O3/c1-23(2,3)32-22(30)29-13-15(14-29)7-18-11-25-12-20(28-18)16-9-26-21(27-10-16)31-19-6-4-5-17(24)8-19/h4-6,8-12,15H,7,13-14H2,1-3H3. The average molecular weight is 454 g/mol. The molecule has 1 aromatic carbocycles. The maximum atomic E-state index is 12.1. The van der Waals surface area contributed by atoms with Gasteiger partial charge in [-0.05, 0) is 51.3 Å². The van der Waals surface area contributed by atoms with Gasteiger partial charge in [0.15, 0.2) is 0 Å². The van der Waals surface area contributed by atoms with E-state index >= 15 is 0 Å². The third-order valence-electron chi connectivity index (χ3n) is 4.72. The summed E-state index contributed by atoms with van der Waals surface area (Å²) < 4.78 is 11.0. The summed E-state index contributed by atoms with van der Waals surface area (Å²) in [4.78, 5) is 31.3. The summed E-state index contributed by atoms with van der Waals surface area (Å²) in [5.74, 6) is 0.893. The lowest BCUT2D eigenvalue weighted by Gasteiger charge is -2.39. The maximum Gasteiger partial charge on any atom is 0.410 e. The van der Waals surface area contributed by atoms with Gasteiger partial charge in [0.2, 0.25) is 0 Å². The third kappa shape index (κ3) is 5.70. The first kappa shape index (κ1) is 22.0. The second-order valence-corrected chi connectivity index (χ2v) is 9.10. The molecule has 166 valence electrons. The van der Waals surface area contributed by atoms with Crippen molar-refractivity contribution < 1.29 is 14.3 Å². The highest BCUT2D eigenvalue weighted by Crippen LogP contribution is 2.25. The quantitative estimate of drug-likeness (QED) is 0.548. The fraction of sp³-hybridized carbons (Fsp3) is 0.348. The second kappa shape index (κ2) is 9.08. The van der Waals surface area contributed by atoms with Crippen LogP contribution in [0.4, 0.5) is 4.79 Å². The summed E-state index contributed by atoms with van der Waals surface area (Å²) in [6.45, 7) is 6.90.